The van der Waals surface area contributed by atoms with E-state index in [-0.39, 0.29) is 11.4 Å². The average Bonchev–Trinajstić information content (AvgIpc) is 3.21. The van der Waals surface area contributed by atoms with E-state index in [1.807, 2.05) is 12.1 Å². The maximum Gasteiger partial charge on any atom is 0.194 e. The molecule has 25 heavy (non-hydrogen) atoms. The van der Waals surface area contributed by atoms with E-state index in [2.05, 4.69) is 4.98 Å². The fraction of sp³-hybridized carbons (Fsp3) is 0.0526. The van der Waals surface area contributed by atoms with Crippen molar-refractivity contribution in [1.82, 2.24) is 4.98 Å². The van der Waals surface area contributed by atoms with Gasteiger partial charge >= 0.3 is 0 Å². The first kappa shape index (κ1) is 15.1. The van der Waals surface area contributed by atoms with Gasteiger partial charge in [-0.3, -0.25) is 4.79 Å². The monoisotopic (exact) mass is 343 g/mol. The predicted molar refractivity (Wildman–Crippen MR) is 93.5 cm³/mol. The fourth-order valence-electron chi connectivity index (χ4n) is 2.92. The van der Waals surface area contributed by atoms with Crippen molar-refractivity contribution in [3.05, 3.63) is 63.4 Å². The third kappa shape index (κ3) is 2.28. The summed E-state index contributed by atoms with van der Waals surface area (Å²) in [5, 5.41) is 18.6. The molecule has 0 amide bonds. The Morgan fingerprint density at radius 3 is 2.64 bits per heavy atom. The van der Waals surface area contributed by atoms with Crippen LogP contribution in [0.4, 0.5) is 0 Å². The van der Waals surface area contributed by atoms with Crippen LogP contribution in [0.25, 0.3) is 22.1 Å². The third-order valence-electron chi connectivity index (χ3n) is 3.93. The number of Topliss-reactive ketones (excluding diaryl/α,β-unsaturated/α-hetero) is 1. The first-order valence-corrected chi connectivity index (χ1v) is 8.21. The number of ketones is 1. The van der Waals surface area contributed by atoms with Crippen molar-refractivity contribution in [3.63, 3.8) is 0 Å². The molecule has 0 N–H and O–H groups in total. The largest absolute Gasteiger partial charge is 0.440 e. The van der Waals surface area contributed by atoms with Gasteiger partial charge in [0.1, 0.15) is 17.7 Å². The lowest BCUT2D eigenvalue weighted by atomic mass is 9.99. The zero-order valence-corrected chi connectivity index (χ0v) is 13.8. The van der Waals surface area contributed by atoms with E-state index >= 15 is 0 Å². The zero-order valence-electron chi connectivity index (χ0n) is 13.0. The first-order chi connectivity index (χ1) is 12.1. The molecule has 4 rings (SSSR count). The Hall–Kier alpha value is -3.48. The number of hydrogen-bond donors (Lipinski definition) is 0. The quantitative estimate of drug-likeness (QED) is 0.486. The summed E-state index contributed by atoms with van der Waals surface area (Å²) < 4.78 is 5.49. The third-order valence-corrected chi connectivity index (χ3v) is 4.89. The molecule has 0 atom stereocenters. The number of carbonyl (C=O) groups is 1. The van der Waals surface area contributed by atoms with Gasteiger partial charge in [0.15, 0.2) is 22.1 Å². The molecule has 1 aliphatic carbocycles. The van der Waals surface area contributed by atoms with Crippen LogP contribution < -0.4 is 0 Å². The molecule has 0 unspecified atom stereocenters. The van der Waals surface area contributed by atoms with E-state index < -0.39 is 0 Å². The number of rotatable bonds is 1. The van der Waals surface area contributed by atoms with Crippen LogP contribution in [0.5, 0.6) is 0 Å². The first-order valence-electron chi connectivity index (χ1n) is 7.40. The van der Waals surface area contributed by atoms with Gasteiger partial charge in [-0.25, -0.2) is 4.98 Å². The molecule has 0 aliphatic heterocycles. The topological polar surface area (TPSA) is 90.7 Å². The van der Waals surface area contributed by atoms with E-state index in [0.29, 0.717) is 33.7 Å². The lowest BCUT2D eigenvalue weighted by Gasteiger charge is -2.00. The highest BCUT2D eigenvalue weighted by Crippen LogP contribution is 2.40. The summed E-state index contributed by atoms with van der Waals surface area (Å²) in [5.41, 5.74) is 2.44. The minimum atomic E-state index is -0.192. The van der Waals surface area contributed by atoms with Crippen molar-refractivity contribution < 1.29 is 9.21 Å². The highest BCUT2D eigenvalue weighted by Gasteiger charge is 2.32. The van der Waals surface area contributed by atoms with Crippen LogP contribution in [0.3, 0.4) is 0 Å². The predicted octanol–water partition coefficient (Wildman–Crippen LogP) is 4.28. The number of fused-ring (bicyclic) bond motifs is 2. The van der Waals surface area contributed by atoms with Gasteiger partial charge in [0.2, 0.25) is 0 Å². The summed E-state index contributed by atoms with van der Waals surface area (Å²) in [6.45, 7) is 1.77. The van der Waals surface area contributed by atoms with Gasteiger partial charge in [-0.1, -0.05) is 24.3 Å². The van der Waals surface area contributed by atoms with Crippen LogP contribution in [0.1, 0.15) is 26.7 Å². The number of aryl methyl sites for hydroxylation is 1. The number of carbonyl (C=O) groups excluding carboxylic acids is 1. The molecule has 0 saturated heterocycles. The molecule has 2 aromatic heterocycles. The zero-order chi connectivity index (χ0) is 17.6. The highest BCUT2D eigenvalue weighted by atomic mass is 32.1. The minimum absolute atomic E-state index is 0.0706. The molecule has 2 heterocycles. The summed E-state index contributed by atoms with van der Waals surface area (Å²) in [5.74, 6) is 0.393. The number of allylic oxidation sites excluding steroid dienone is 3. The van der Waals surface area contributed by atoms with E-state index in [1.54, 1.807) is 43.3 Å². The molecule has 5 nitrogen and oxygen atoms in total. The number of hydrogen-bond acceptors (Lipinski definition) is 6. The van der Waals surface area contributed by atoms with Crippen molar-refractivity contribution in [2.24, 2.45) is 0 Å². The molecule has 6 heteroatoms. The molecule has 0 saturated carbocycles. The second-order valence-electron chi connectivity index (χ2n) is 5.46. The maximum atomic E-state index is 12.8. The molecule has 1 aliphatic rings. The number of benzene rings is 1. The molecule has 118 valence electrons. The Morgan fingerprint density at radius 1 is 1.24 bits per heavy atom. The molecule has 0 fully saturated rings. The van der Waals surface area contributed by atoms with Gasteiger partial charge in [0.05, 0.1) is 0 Å². The smallest absolute Gasteiger partial charge is 0.194 e. The van der Waals surface area contributed by atoms with Crippen LogP contribution in [0, 0.1) is 29.6 Å². The molecular weight excluding hydrogens is 334 g/mol. The normalized spacial score (nSPS) is 14.6. The van der Waals surface area contributed by atoms with Gasteiger partial charge in [-0.15, -0.1) is 11.3 Å². The molecular formula is C19H9N3O2S. The molecule has 0 bridgehead atoms. The number of aromatic nitrogens is 1. The number of thiophene rings is 1. The van der Waals surface area contributed by atoms with Crippen LogP contribution in [-0.2, 0) is 0 Å². The van der Waals surface area contributed by atoms with Crippen molar-refractivity contribution in [2.45, 2.75) is 6.92 Å². The Labute approximate surface area is 146 Å². The maximum absolute atomic E-state index is 12.8. The number of oxazole rings is 1. The van der Waals surface area contributed by atoms with Gasteiger partial charge in [-0.2, -0.15) is 10.5 Å². The second kappa shape index (κ2) is 5.55. The van der Waals surface area contributed by atoms with Crippen LogP contribution in [-0.4, -0.2) is 10.8 Å². The molecule has 1 aromatic carbocycles. The Morgan fingerprint density at radius 2 is 1.96 bits per heavy atom. The Kier molecular flexibility index (Phi) is 3.35. The second-order valence-corrected chi connectivity index (χ2v) is 6.52. The van der Waals surface area contributed by atoms with Crippen LogP contribution in [0.2, 0.25) is 0 Å². The Bertz CT molecular complexity index is 1150. The summed E-state index contributed by atoms with van der Waals surface area (Å²) in [6, 6.07) is 12.6. The van der Waals surface area contributed by atoms with Crippen molar-refractivity contribution in [3.8, 4) is 12.1 Å². The summed E-state index contributed by atoms with van der Waals surface area (Å²) in [4.78, 5) is 18.6. The van der Waals surface area contributed by atoms with Gasteiger partial charge in [0, 0.05) is 34.6 Å². The molecule has 3 aromatic rings. The molecule has 0 radical (unpaired) electrons. The van der Waals surface area contributed by atoms with Gasteiger partial charge in [-0.05, 0) is 11.6 Å². The number of nitriles is 2. The van der Waals surface area contributed by atoms with Crippen molar-refractivity contribution >= 4 is 39.2 Å². The van der Waals surface area contributed by atoms with E-state index in [0.717, 1.165) is 9.71 Å². The minimum Gasteiger partial charge on any atom is -0.440 e. The standard InChI is InChI=1S/C19H9N3O2S/c1-10-22-19-16(24-10)7-12(25-19)6-15-17(11(8-20)9-21)13-4-2-3-5-14(13)18(15)23/h2-7H,1H3/b15-6-. The van der Waals surface area contributed by atoms with Gasteiger partial charge < -0.3 is 4.42 Å². The summed E-state index contributed by atoms with van der Waals surface area (Å²) in [7, 11) is 0. The Balaban J connectivity index is 1.95. The van der Waals surface area contributed by atoms with Crippen molar-refractivity contribution in [2.75, 3.05) is 0 Å². The van der Waals surface area contributed by atoms with Crippen molar-refractivity contribution in [1.29, 1.82) is 10.5 Å². The summed E-state index contributed by atoms with van der Waals surface area (Å²) >= 11 is 1.39. The summed E-state index contributed by atoms with van der Waals surface area (Å²) in [6.07, 6.45) is 1.70. The average molecular weight is 343 g/mol. The van der Waals surface area contributed by atoms with Gasteiger partial charge in [0.25, 0.3) is 0 Å². The van der Waals surface area contributed by atoms with Crippen LogP contribution in [0.15, 0.2) is 45.9 Å². The fourth-order valence-corrected chi connectivity index (χ4v) is 3.86. The SMILES string of the molecule is Cc1nc2sc(/C=C3\C(=O)c4ccccc4C3=C(C#N)C#N)cc2o1. The lowest BCUT2D eigenvalue weighted by Crippen LogP contribution is -1.95. The van der Waals surface area contributed by atoms with Crippen LogP contribution >= 0.6 is 11.3 Å². The number of nitrogens with zero attached hydrogens (tertiary/aromatic N) is 3. The van der Waals surface area contributed by atoms with E-state index in [1.165, 1.54) is 11.3 Å². The van der Waals surface area contributed by atoms with E-state index in [9.17, 15) is 15.3 Å². The highest BCUT2D eigenvalue weighted by molar-refractivity contribution is 7.19. The van der Waals surface area contributed by atoms with E-state index in [4.69, 9.17) is 4.42 Å². The molecule has 0 spiro atoms. The lowest BCUT2D eigenvalue weighted by molar-refractivity contribution is 0.104.